The Kier molecular flexibility index (Phi) is 6.89. The summed E-state index contributed by atoms with van der Waals surface area (Å²) in [6.07, 6.45) is 2.44. The molecule has 0 saturated heterocycles. The van der Waals surface area contributed by atoms with Crippen LogP contribution in [0.2, 0.25) is 5.02 Å². The van der Waals surface area contributed by atoms with E-state index in [1.54, 1.807) is 17.6 Å². The highest BCUT2D eigenvalue weighted by molar-refractivity contribution is 7.09. The van der Waals surface area contributed by atoms with E-state index in [9.17, 15) is 4.79 Å². The summed E-state index contributed by atoms with van der Waals surface area (Å²) in [5.41, 5.74) is 1.15. The van der Waals surface area contributed by atoms with Crippen LogP contribution in [-0.4, -0.2) is 23.9 Å². The molecule has 26 heavy (non-hydrogen) atoms. The molecule has 136 valence electrons. The molecule has 0 aliphatic rings. The third kappa shape index (κ3) is 6.02. The van der Waals surface area contributed by atoms with Crippen LogP contribution < -0.4 is 5.32 Å². The normalized spacial score (nSPS) is 11.0. The van der Waals surface area contributed by atoms with Gasteiger partial charge in [0, 0.05) is 23.0 Å². The van der Waals surface area contributed by atoms with E-state index in [1.807, 2.05) is 47.8 Å². The van der Waals surface area contributed by atoms with Crippen molar-refractivity contribution in [1.29, 1.82) is 0 Å². The molecule has 2 aromatic heterocycles. The highest BCUT2D eigenvalue weighted by atomic mass is 35.5. The van der Waals surface area contributed by atoms with Gasteiger partial charge in [0.25, 0.3) is 0 Å². The third-order valence-corrected chi connectivity index (χ3v) is 5.05. The van der Waals surface area contributed by atoms with Gasteiger partial charge in [0.2, 0.25) is 5.91 Å². The predicted octanol–water partition coefficient (Wildman–Crippen LogP) is 4.36. The number of halogens is 1. The third-order valence-electron chi connectivity index (χ3n) is 3.94. The van der Waals surface area contributed by atoms with Gasteiger partial charge in [-0.1, -0.05) is 29.8 Å². The Morgan fingerprint density at radius 3 is 2.65 bits per heavy atom. The second-order valence-electron chi connectivity index (χ2n) is 6.03. The predicted molar refractivity (Wildman–Crippen MR) is 105 cm³/mol. The van der Waals surface area contributed by atoms with E-state index in [0.29, 0.717) is 19.6 Å². The van der Waals surface area contributed by atoms with E-state index in [4.69, 9.17) is 16.0 Å². The molecule has 0 atom stereocenters. The molecule has 3 rings (SSSR count). The summed E-state index contributed by atoms with van der Waals surface area (Å²) in [5, 5.41) is 5.77. The number of nitrogens with zero attached hydrogens (tertiary/aromatic N) is 1. The molecule has 0 fully saturated rings. The molecule has 3 aromatic rings. The van der Waals surface area contributed by atoms with E-state index in [0.717, 1.165) is 29.3 Å². The van der Waals surface area contributed by atoms with Gasteiger partial charge in [0.1, 0.15) is 5.76 Å². The molecule has 0 aliphatic carbocycles. The fraction of sp³-hybridized carbons (Fsp3) is 0.250. The Morgan fingerprint density at radius 2 is 1.96 bits per heavy atom. The second kappa shape index (κ2) is 9.57. The van der Waals surface area contributed by atoms with E-state index < -0.39 is 0 Å². The molecule has 0 saturated carbocycles. The molecule has 2 heterocycles. The van der Waals surface area contributed by atoms with Gasteiger partial charge >= 0.3 is 0 Å². The Hall–Kier alpha value is -2.08. The van der Waals surface area contributed by atoms with E-state index in [1.165, 1.54) is 4.88 Å². The molecule has 1 N–H and O–H groups in total. The lowest BCUT2D eigenvalue weighted by Gasteiger charge is -2.20. The maximum absolute atomic E-state index is 12.4. The Morgan fingerprint density at radius 1 is 1.12 bits per heavy atom. The first-order valence-corrected chi connectivity index (χ1v) is 9.73. The number of benzene rings is 1. The van der Waals surface area contributed by atoms with Gasteiger partial charge in [-0.25, -0.2) is 0 Å². The van der Waals surface area contributed by atoms with Crippen molar-refractivity contribution in [3.05, 3.63) is 81.4 Å². The Balaban J connectivity index is 1.50. The number of nitrogens with one attached hydrogen (secondary N) is 1. The zero-order valence-corrected chi connectivity index (χ0v) is 15.9. The first-order chi connectivity index (χ1) is 12.7. The highest BCUT2D eigenvalue weighted by Crippen LogP contribution is 2.14. The van der Waals surface area contributed by atoms with Crippen LogP contribution >= 0.6 is 22.9 Å². The van der Waals surface area contributed by atoms with Gasteiger partial charge in [-0.15, -0.1) is 11.3 Å². The fourth-order valence-corrected chi connectivity index (χ4v) is 3.54. The SMILES string of the molecule is O=C(CN(Cc1ccco1)Cc1cccs1)NCCc1ccc(Cl)cc1. The van der Waals surface area contributed by atoms with Crippen molar-refractivity contribution in [1.82, 2.24) is 10.2 Å². The Bertz CT molecular complexity index is 750. The molecule has 1 aromatic carbocycles. The lowest BCUT2D eigenvalue weighted by Crippen LogP contribution is -2.37. The maximum atomic E-state index is 12.4. The summed E-state index contributed by atoms with van der Waals surface area (Å²) in [5.74, 6) is 0.873. The van der Waals surface area contributed by atoms with Gasteiger partial charge < -0.3 is 9.73 Å². The minimum Gasteiger partial charge on any atom is -0.468 e. The molecule has 0 radical (unpaired) electrons. The van der Waals surface area contributed by atoms with Crippen LogP contribution in [0.4, 0.5) is 0 Å². The summed E-state index contributed by atoms with van der Waals surface area (Å²) in [7, 11) is 0. The van der Waals surface area contributed by atoms with Gasteiger partial charge in [-0.2, -0.15) is 0 Å². The molecular formula is C20H21ClN2O2S. The lowest BCUT2D eigenvalue weighted by atomic mass is 10.1. The monoisotopic (exact) mass is 388 g/mol. The summed E-state index contributed by atoms with van der Waals surface area (Å²) in [6.45, 7) is 2.27. The minimum atomic E-state index is 0.0158. The molecule has 0 unspecified atom stereocenters. The van der Waals surface area contributed by atoms with Crippen LogP contribution in [0.3, 0.4) is 0 Å². The molecule has 0 aliphatic heterocycles. The van der Waals surface area contributed by atoms with Crippen molar-refractivity contribution >= 4 is 28.8 Å². The van der Waals surface area contributed by atoms with Crippen LogP contribution in [0.5, 0.6) is 0 Å². The lowest BCUT2D eigenvalue weighted by molar-refractivity contribution is -0.122. The number of rotatable bonds is 9. The van der Waals surface area contributed by atoms with Crippen molar-refractivity contribution in [3.63, 3.8) is 0 Å². The van der Waals surface area contributed by atoms with Gasteiger partial charge in [0.15, 0.2) is 0 Å². The van der Waals surface area contributed by atoms with Crippen LogP contribution in [0.25, 0.3) is 0 Å². The van der Waals surface area contributed by atoms with Crippen molar-refractivity contribution in [2.75, 3.05) is 13.1 Å². The smallest absolute Gasteiger partial charge is 0.234 e. The van der Waals surface area contributed by atoms with Gasteiger partial charge in [-0.3, -0.25) is 9.69 Å². The zero-order valence-electron chi connectivity index (χ0n) is 14.4. The number of hydrogen-bond donors (Lipinski definition) is 1. The number of carbonyl (C=O) groups excluding carboxylic acids is 1. The van der Waals surface area contributed by atoms with Crippen molar-refractivity contribution in [2.24, 2.45) is 0 Å². The average molecular weight is 389 g/mol. The fourth-order valence-electron chi connectivity index (χ4n) is 2.67. The number of furan rings is 1. The summed E-state index contributed by atoms with van der Waals surface area (Å²) in [6, 6.07) is 15.6. The van der Waals surface area contributed by atoms with Crippen molar-refractivity contribution in [3.8, 4) is 0 Å². The number of amides is 1. The standard InChI is InChI=1S/C20H21ClN2O2S/c21-17-7-5-16(6-8-17)9-10-22-20(24)15-23(13-18-3-1-11-25-18)14-19-4-2-12-26-19/h1-8,11-12H,9-10,13-15H2,(H,22,24). The molecule has 0 bridgehead atoms. The molecule has 1 amide bonds. The van der Waals surface area contributed by atoms with Crippen LogP contribution in [0.1, 0.15) is 16.2 Å². The minimum absolute atomic E-state index is 0.0158. The van der Waals surface area contributed by atoms with E-state index in [-0.39, 0.29) is 5.91 Å². The first-order valence-electron chi connectivity index (χ1n) is 8.47. The number of carbonyl (C=O) groups is 1. The average Bonchev–Trinajstić information content (AvgIpc) is 3.31. The molecular weight excluding hydrogens is 368 g/mol. The quantitative estimate of drug-likeness (QED) is 0.592. The maximum Gasteiger partial charge on any atom is 0.234 e. The first kappa shape index (κ1) is 18.7. The number of hydrogen-bond acceptors (Lipinski definition) is 4. The van der Waals surface area contributed by atoms with Crippen molar-refractivity contribution in [2.45, 2.75) is 19.5 Å². The van der Waals surface area contributed by atoms with E-state index in [2.05, 4.69) is 16.3 Å². The van der Waals surface area contributed by atoms with E-state index >= 15 is 0 Å². The topological polar surface area (TPSA) is 45.5 Å². The van der Waals surface area contributed by atoms with Crippen LogP contribution in [0.15, 0.2) is 64.6 Å². The summed E-state index contributed by atoms with van der Waals surface area (Å²) < 4.78 is 5.43. The van der Waals surface area contributed by atoms with Gasteiger partial charge in [-0.05, 0) is 47.7 Å². The summed E-state index contributed by atoms with van der Waals surface area (Å²) in [4.78, 5) is 15.7. The highest BCUT2D eigenvalue weighted by Gasteiger charge is 2.13. The van der Waals surface area contributed by atoms with Crippen LogP contribution in [0, 0.1) is 0 Å². The summed E-state index contributed by atoms with van der Waals surface area (Å²) >= 11 is 7.58. The zero-order chi connectivity index (χ0) is 18.2. The largest absolute Gasteiger partial charge is 0.468 e. The van der Waals surface area contributed by atoms with Crippen LogP contribution in [-0.2, 0) is 24.3 Å². The second-order valence-corrected chi connectivity index (χ2v) is 7.50. The Labute approximate surface area is 162 Å². The molecule has 0 spiro atoms. The number of thiophene rings is 1. The molecule has 4 nitrogen and oxygen atoms in total. The van der Waals surface area contributed by atoms with Gasteiger partial charge in [0.05, 0.1) is 19.4 Å². The van der Waals surface area contributed by atoms with Crippen molar-refractivity contribution < 1.29 is 9.21 Å². The molecule has 6 heteroatoms.